The van der Waals surface area contributed by atoms with Crippen molar-refractivity contribution in [2.45, 2.75) is 0 Å². The van der Waals surface area contributed by atoms with E-state index in [2.05, 4.69) is 23.7 Å². The topological polar surface area (TPSA) is 86.3 Å². The van der Waals surface area contributed by atoms with Crippen LogP contribution in [0.2, 0.25) is 0 Å². The lowest BCUT2D eigenvalue weighted by Gasteiger charge is -2.01. The highest BCUT2D eigenvalue weighted by Crippen LogP contribution is 2.28. The number of hydrogen-bond acceptors (Lipinski definition) is 4. The summed E-state index contributed by atoms with van der Waals surface area (Å²) < 4.78 is 0. The fraction of sp³-hybridized carbons (Fsp3) is 0. The number of nitrogens with zero attached hydrogens (tertiary/aromatic N) is 2. The predicted molar refractivity (Wildman–Crippen MR) is 115 cm³/mol. The summed E-state index contributed by atoms with van der Waals surface area (Å²) in [6.07, 6.45) is 0. The van der Waals surface area contributed by atoms with E-state index in [4.69, 9.17) is 0 Å². The first-order valence-corrected chi connectivity index (χ1v) is 8.90. The largest absolute Gasteiger partial charge is 0.277 e. The summed E-state index contributed by atoms with van der Waals surface area (Å²) >= 11 is 0. The molecule has 30 heavy (non-hydrogen) atoms. The van der Waals surface area contributed by atoms with Crippen molar-refractivity contribution in [1.82, 2.24) is 0 Å². The highest BCUT2D eigenvalue weighted by atomic mass is 16.6. The van der Waals surface area contributed by atoms with Crippen LogP contribution in [0.25, 0.3) is 21.5 Å². The van der Waals surface area contributed by atoms with Gasteiger partial charge in [0.05, 0.1) is 20.6 Å². The summed E-state index contributed by atoms with van der Waals surface area (Å²) in [5, 5.41) is 24.8. The molecule has 0 saturated carbocycles. The molecule has 0 heterocycles. The number of fused-ring (bicyclic) bond motifs is 2. The Hall–Kier alpha value is -4.68. The lowest BCUT2D eigenvalue weighted by molar-refractivity contribution is -0.383. The van der Waals surface area contributed by atoms with Crippen LogP contribution >= 0.6 is 0 Å². The Labute approximate surface area is 171 Å². The van der Waals surface area contributed by atoms with Gasteiger partial charge >= 0.3 is 0 Å². The molecule has 142 valence electrons. The van der Waals surface area contributed by atoms with Crippen LogP contribution in [0, 0.1) is 43.9 Å². The second-order valence-corrected chi connectivity index (χ2v) is 6.37. The predicted octanol–water partition coefficient (Wildman–Crippen LogP) is 5.21. The molecule has 0 bridgehead atoms. The second kappa shape index (κ2) is 7.75. The number of benzene rings is 4. The Bertz CT molecular complexity index is 1350. The molecule has 0 aliphatic heterocycles. The third-order valence-corrected chi connectivity index (χ3v) is 4.65. The van der Waals surface area contributed by atoms with Crippen molar-refractivity contribution >= 4 is 32.9 Å². The molecule has 0 aliphatic carbocycles. The minimum atomic E-state index is -0.418. The van der Waals surface area contributed by atoms with Gasteiger partial charge in [-0.15, -0.1) is 0 Å². The van der Waals surface area contributed by atoms with Crippen LogP contribution in [0.1, 0.15) is 11.1 Å². The molecule has 0 saturated heterocycles. The van der Waals surface area contributed by atoms with E-state index in [-0.39, 0.29) is 11.4 Å². The van der Waals surface area contributed by atoms with Gasteiger partial charge in [-0.1, -0.05) is 48.2 Å². The molecule has 6 nitrogen and oxygen atoms in total. The maximum absolute atomic E-state index is 11.2. The van der Waals surface area contributed by atoms with Crippen LogP contribution < -0.4 is 0 Å². The van der Waals surface area contributed by atoms with E-state index in [1.807, 2.05) is 0 Å². The van der Waals surface area contributed by atoms with E-state index >= 15 is 0 Å². The molecule has 0 unspecified atom stereocenters. The molecular formula is C24H12N2O4. The van der Waals surface area contributed by atoms with Gasteiger partial charge in [0.15, 0.2) is 0 Å². The Balaban J connectivity index is 1.75. The van der Waals surface area contributed by atoms with Gasteiger partial charge in [0.2, 0.25) is 0 Å². The molecule has 0 fully saturated rings. The Morgan fingerprint density at radius 3 is 1.27 bits per heavy atom. The van der Waals surface area contributed by atoms with Crippen LogP contribution in [-0.2, 0) is 0 Å². The van der Waals surface area contributed by atoms with Crippen LogP contribution in [-0.4, -0.2) is 9.85 Å². The SMILES string of the molecule is O=[N+]([O-])c1ccc(C#CC#Cc2ccc([N+](=O)[O-])c3ccccc23)c2ccccc12. The van der Waals surface area contributed by atoms with Crippen LogP contribution in [0.3, 0.4) is 0 Å². The smallest absolute Gasteiger partial charge is 0.258 e. The minimum absolute atomic E-state index is 0.0274. The molecular weight excluding hydrogens is 380 g/mol. The zero-order chi connectivity index (χ0) is 21.1. The summed E-state index contributed by atoms with van der Waals surface area (Å²) in [5.74, 6) is 11.5. The average molecular weight is 392 g/mol. The van der Waals surface area contributed by atoms with Gasteiger partial charge in [0.25, 0.3) is 11.4 Å². The third kappa shape index (κ3) is 3.42. The molecule has 0 aliphatic rings. The first kappa shape index (κ1) is 18.7. The van der Waals surface area contributed by atoms with Crippen LogP contribution in [0.4, 0.5) is 11.4 Å². The van der Waals surface area contributed by atoms with Gasteiger partial charge < -0.3 is 0 Å². The zero-order valence-corrected chi connectivity index (χ0v) is 15.5. The molecule has 4 aromatic rings. The monoisotopic (exact) mass is 392 g/mol. The highest BCUT2D eigenvalue weighted by Gasteiger charge is 2.13. The van der Waals surface area contributed by atoms with Gasteiger partial charge in [-0.2, -0.15) is 0 Å². The van der Waals surface area contributed by atoms with Crippen LogP contribution in [0.15, 0.2) is 72.8 Å². The highest BCUT2D eigenvalue weighted by molar-refractivity contribution is 5.96. The minimum Gasteiger partial charge on any atom is -0.258 e. The molecule has 0 N–H and O–H groups in total. The number of nitro benzene ring substituents is 2. The summed E-state index contributed by atoms with van der Waals surface area (Å²) in [7, 11) is 0. The van der Waals surface area contributed by atoms with Crippen molar-refractivity contribution in [3.8, 4) is 23.7 Å². The van der Waals surface area contributed by atoms with Gasteiger partial charge in [-0.05, 0) is 36.1 Å². The van der Waals surface area contributed by atoms with Crippen molar-refractivity contribution in [2.24, 2.45) is 0 Å². The van der Waals surface area contributed by atoms with E-state index in [0.29, 0.717) is 32.7 Å². The summed E-state index contributed by atoms with van der Waals surface area (Å²) in [4.78, 5) is 21.6. The van der Waals surface area contributed by atoms with Gasteiger partial charge in [0.1, 0.15) is 0 Å². The van der Waals surface area contributed by atoms with Crippen LogP contribution in [0.5, 0.6) is 0 Å². The van der Waals surface area contributed by atoms with Crippen molar-refractivity contribution in [2.75, 3.05) is 0 Å². The quantitative estimate of drug-likeness (QED) is 0.266. The van der Waals surface area contributed by atoms with Crippen molar-refractivity contribution in [3.05, 3.63) is 104 Å². The normalized spacial score (nSPS) is 10.0. The molecule has 0 atom stereocenters. The van der Waals surface area contributed by atoms with E-state index in [1.54, 1.807) is 60.7 Å². The molecule has 4 rings (SSSR count). The average Bonchev–Trinajstić information content (AvgIpc) is 2.76. The first-order valence-electron chi connectivity index (χ1n) is 8.90. The van der Waals surface area contributed by atoms with Crippen molar-refractivity contribution < 1.29 is 9.85 Å². The Morgan fingerprint density at radius 1 is 0.533 bits per heavy atom. The van der Waals surface area contributed by atoms with E-state index in [9.17, 15) is 20.2 Å². The summed E-state index contributed by atoms with van der Waals surface area (Å²) in [6, 6.07) is 20.1. The molecule has 0 amide bonds. The number of nitro groups is 2. The molecule has 4 aromatic carbocycles. The zero-order valence-electron chi connectivity index (χ0n) is 15.5. The fourth-order valence-corrected chi connectivity index (χ4v) is 3.30. The second-order valence-electron chi connectivity index (χ2n) is 6.37. The maximum Gasteiger partial charge on any atom is 0.277 e. The number of hydrogen-bond donors (Lipinski definition) is 0. The van der Waals surface area contributed by atoms with E-state index in [0.717, 1.165) is 0 Å². The molecule has 0 spiro atoms. The number of rotatable bonds is 2. The fourth-order valence-electron chi connectivity index (χ4n) is 3.30. The summed E-state index contributed by atoms with van der Waals surface area (Å²) in [6.45, 7) is 0. The summed E-state index contributed by atoms with van der Waals surface area (Å²) in [5.41, 5.74) is 1.33. The van der Waals surface area contributed by atoms with E-state index < -0.39 is 9.85 Å². The van der Waals surface area contributed by atoms with Crippen molar-refractivity contribution in [3.63, 3.8) is 0 Å². The third-order valence-electron chi connectivity index (χ3n) is 4.65. The maximum atomic E-state index is 11.2. The Kier molecular flexibility index (Phi) is 4.82. The lowest BCUT2D eigenvalue weighted by atomic mass is 10.0. The van der Waals surface area contributed by atoms with Gasteiger partial charge in [0, 0.05) is 34.0 Å². The molecule has 0 aromatic heterocycles. The van der Waals surface area contributed by atoms with E-state index in [1.165, 1.54) is 12.1 Å². The molecule has 0 radical (unpaired) electrons. The first-order chi connectivity index (χ1) is 14.6. The molecule has 6 heteroatoms. The van der Waals surface area contributed by atoms with Gasteiger partial charge in [-0.25, -0.2) is 0 Å². The van der Waals surface area contributed by atoms with Crippen molar-refractivity contribution in [1.29, 1.82) is 0 Å². The number of non-ortho nitro benzene ring substituents is 2. The standard InChI is InChI=1S/C24H12N2O4/c27-25(28)23-15-13-17(19-9-3-5-11-21(19)23)7-1-2-8-18-14-16-24(26(29)30)22-12-6-4-10-20(18)22/h3-6,9-16H. The van der Waals surface area contributed by atoms with Gasteiger partial charge in [-0.3, -0.25) is 20.2 Å². The lowest BCUT2D eigenvalue weighted by Crippen LogP contribution is -1.91. The Morgan fingerprint density at radius 2 is 0.900 bits per heavy atom.